The summed E-state index contributed by atoms with van der Waals surface area (Å²) in [6.07, 6.45) is 1.50. The molecule has 2 N–H and O–H groups in total. The second kappa shape index (κ2) is 4.31. The van der Waals surface area contributed by atoms with Gasteiger partial charge < -0.3 is 5.73 Å². The Labute approximate surface area is 98.7 Å². The molecule has 0 aliphatic carbocycles. The fourth-order valence-corrected chi connectivity index (χ4v) is 1.47. The molecule has 0 amide bonds. The second-order valence-corrected chi connectivity index (χ2v) is 3.73. The molecule has 1 unspecified atom stereocenters. The largest absolute Gasteiger partial charge is 0.322 e. The first-order chi connectivity index (χ1) is 8.11. The van der Waals surface area contributed by atoms with E-state index in [1.165, 1.54) is 6.20 Å². The standard InChI is InChI=1S/C11H12N6/c1-7(13)11-15-8(2)16-17(11)10-4-3-9(5-12)6-14-10/h3-4,6-7H,13H2,1-2H3. The lowest BCUT2D eigenvalue weighted by atomic mass is 10.3. The van der Waals surface area contributed by atoms with E-state index in [2.05, 4.69) is 15.1 Å². The van der Waals surface area contributed by atoms with Gasteiger partial charge in [-0.25, -0.2) is 9.97 Å². The van der Waals surface area contributed by atoms with Crippen molar-refractivity contribution in [3.8, 4) is 11.9 Å². The predicted octanol–water partition coefficient (Wildman–Crippen LogP) is 0.862. The fraction of sp³-hybridized carbons (Fsp3) is 0.273. The number of nitriles is 1. The molecule has 0 aliphatic heterocycles. The van der Waals surface area contributed by atoms with Gasteiger partial charge in [0, 0.05) is 6.20 Å². The third-order valence-electron chi connectivity index (χ3n) is 2.24. The van der Waals surface area contributed by atoms with Crippen LogP contribution in [0.3, 0.4) is 0 Å². The van der Waals surface area contributed by atoms with Gasteiger partial charge in [0.25, 0.3) is 0 Å². The summed E-state index contributed by atoms with van der Waals surface area (Å²) in [4.78, 5) is 8.41. The molecule has 6 nitrogen and oxygen atoms in total. The minimum Gasteiger partial charge on any atom is -0.322 e. The number of hydrogen-bond donors (Lipinski definition) is 1. The lowest BCUT2D eigenvalue weighted by Gasteiger charge is -2.06. The van der Waals surface area contributed by atoms with Crippen LogP contribution in [0.2, 0.25) is 0 Å². The summed E-state index contributed by atoms with van der Waals surface area (Å²) in [5.74, 6) is 1.90. The van der Waals surface area contributed by atoms with Crippen LogP contribution in [0.25, 0.3) is 5.82 Å². The van der Waals surface area contributed by atoms with Gasteiger partial charge in [-0.1, -0.05) is 0 Å². The highest BCUT2D eigenvalue weighted by molar-refractivity contribution is 5.32. The number of nitrogens with zero attached hydrogens (tertiary/aromatic N) is 5. The highest BCUT2D eigenvalue weighted by Crippen LogP contribution is 2.12. The average molecular weight is 228 g/mol. The Bertz CT molecular complexity index is 561. The van der Waals surface area contributed by atoms with E-state index in [-0.39, 0.29) is 6.04 Å². The van der Waals surface area contributed by atoms with Crippen LogP contribution in [0.4, 0.5) is 0 Å². The van der Waals surface area contributed by atoms with E-state index < -0.39 is 0 Å². The van der Waals surface area contributed by atoms with Gasteiger partial charge in [-0.3, -0.25) is 0 Å². The van der Waals surface area contributed by atoms with Crippen LogP contribution in [0.1, 0.15) is 30.2 Å². The van der Waals surface area contributed by atoms with Crippen molar-refractivity contribution in [2.75, 3.05) is 0 Å². The summed E-state index contributed by atoms with van der Waals surface area (Å²) >= 11 is 0. The van der Waals surface area contributed by atoms with Gasteiger partial charge in [0.2, 0.25) is 0 Å². The maximum absolute atomic E-state index is 8.70. The normalized spacial score (nSPS) is 12.1. The molecular formula is C11H12N6. The van der Waals surface area contributed by atoms with Crippen molar-refractivity contribution in [2.45, 2.75) is 19.9 Å². The highest BCUT2D eigenvalue weighted by atomic mass is 15.4. The van der Waals surface area contributed by atoms with E-state index in [9.17, 15) is 0 Å². The zero-order valence-electron chi connectivity index (χ0n) is 9.62. The molecule has 0 fully saturated rings. The molecule has 2 aromatic rings. The van der Waals surface area contributed by atoms with Crippen molar-refractivity contribution in [3.63, 3.8) is 0 Å². The highest BCUT2D eigenvalue weighted by Gasteiger charge is 2.13. The molecule has 0 radical (unpaired) electrons. The zero-order valence-corrected chi connectivity index (χ0v) is 9.62. The molecule has 0 bridgehead atoms. The maximum atomic E-state index is 8.70. The molecule has 0 saturated carbocycles. The zero-order chi connectivity index (χ0) is 12.4. The van der Waals surface area contributed by atoms with E-state index >= 15 is 0 Å². The van der Waals surface area contributed by atoms with Gasteiger partial charge in [0.15, 0.2) is 11.6 Å². The Balaban J connectivity index is 2.49. The van der Waals surface area contributed by atoms with Crippen LogP contribution in [-0.2, 0) is 0 Å². The Morgan fingerprint density at radius 1 is 1.47 bits per heavy atom. The molecule has 2 aromatic heterocycles. The smallest absolute Gasteiger partial charge is 0.155 e. The van der Waals surface area contributed by atoms with Gasteiger partial charge >= 0.3 is 0 Å². The predicted molar refractivity (Wildman–Crippen MR) is 61.2 cm³/mol. The second-order valence-electron chi connectivity index (χ2n) is 3.73. The first-order valence-electron chi connectivity index (χ1n) is 5.17. The van der Waals surface area contributed by atoms with Gasteiger partial charge in [-0.2, -0.15) is 9.94 Å². The number of nitrogens with two attached hydrogens (primary N) is 1. The van der Waals surface area contributed by atoms with Crippen molar-refractivity contribution in [2.24, 2.45) is 5.73 Å². The van der Waals surface area contributed by atoms with Crippen LogP contribution in [0.5, 0.6) is 0 Å². The average Bonchev–Trinajstić information content (AvgIpc) is 2.72. The molecular weight excluding hydrogens is 216 g/mol. The van der Waals surface area contributed by atoms with Gasteiger partial charge in [-0.15, -0.1) is 5.10 Å². The van der Waals surface area contributed by atoms with Crippen LogP contribution in [0.15, 0.2) is 18.3 Å². The Hall–Kier alpha value is -2.26. The minimum absolute atomic E-state index is 0.228. The molecule has 2 heterocycles. The number of rotatable bonds is 2. The van der Waals surface area contributed by atoms with E-state index in [1.54, 1.807) is 23.7 Å². The number of pyridine rings is 1. The lowest BCUT2D eigenvalue weighted by molar-refractivity contribution is 0.680. The summed E-state index contributed by atoms with van der Waals surface area (Å²) in [6.45, 7) is 3.63. The third kappa shape index (κ3) is 2.14. The molecule has 86 valence electrons. The SMILES string of the molecule is Cc1nc(C(C)N)n(-c2ccc(C#N)cn2)n1. The Morgan fingerprint density at radius 2 is 2.24 bits per heavy atom. The monoisotopic (exact) mass is 228 g/mol. The van der Waals surface area contributed by atoms with Crippen molar-refractivity contribution in [3.05, 3.63) is 35.5 Å². The molecule has 0 aliphatic rings. The van der Waals surface area contributed by atoms with Gasteiger partial charge in [0.1, 0.15) is 11.9 Å². The van der Waals surface area contributed by atoms with Crippen molar-refractivity contribution in [1.82, 2.24) is 19.7 Å². The van der Waals surface area contributed by atoms with E-state index in [4.69, 9.17) is 11.0 Å². The van der Waals surface area contributed by atoms with Gasteiger partial charge in [0.05, 0.1) is 11.6 Å². The molecule has 17 heavy (non-hydrogen) atoms. The summed E-state index contributed by atoms with van der Waals surface area (Å²) in [7, 11) is 0. The van der Waals surface area contributed by atoms with Crippen molar-refractivity contribution >= 4 is 0 Å². The topological polar surface area (TPSA) is 93.4 Å². The van der Waals surface area contributed by atoms with E-state index in [0.29, 0.717) is 23.0 Å². The van der Waals surface area contributed by atoms with E-state index in [1.807, 2.05) is 13.0 Å². The summed E-state index contributed by atoms with van der Waals surface area (Å²) in [5.41, 5.74) is 6.33. The molecule has 6 heteroatoms. The van der Waals surface area contributed by atoms with Crippen LogP contribution >= 0.6 is 0 Å². The first kappa shape index (κ1) is 11.2. The first-order valence-corrected chi connectivity index (χ1v) is 5.17. The molecule has 2 rings (SSSR count). The minimum atomic E-state index is -0.228. The fourth-order valence-electron chi connectivity index (χ4n) is 1.47. The van der Waals surface area contributed by atoms with Crippen LogP contribution in [0, 0.1) is 18.3 Å². The molecule has 1 atom stereocenters. The van der Waals surface area contributed by atoms with Gasteiger partial charge in [-0.05, 0) is 26.0 Å². The number of aryl methyl sites for hydroxylation is 1. The molecule has 0 spiro atoms. The van der Waals surface area contributed by atoms with Crippen molar-refractivity contribution < 1.29 is 0 Å². The van der Waals surface area contributed by atoms with E-state index in [0.717, 1.165) is 0 Å². The number of hydrogen-bond acceptors (Lipinski definition) is 5. The Kier molecular flexibility index (Phi) is 2.85. The summed E-state index contributed by atoms with van der Waals surface area (Å²) in [5, 5.41) is 12.9. The maximum Gasteiger partial charge on any atom is 0.155 e. The molecule has 0 saturated heterocycles. The Morgan fingerprint density at radius 3 is 2.76 bits per heavy atom. The molecule has 0 aromatic carbocycles. The lowest BCUT2D eigenvalue weighted by Crippen LogP contribution is -2.14. The quantitative estimate of drug-likeness (QED) is 0.822. The van der Waals surface area contributed by atoms with Crippen molar-refractivity contribution in [1.29, 1.82) is 5.26 Å². The van der Waals surface area contributed by atoms with Crippen LogP contribution in [-0.4, -0.2) is 19.7 Å². The summed E-state index contributed by atoms with van der Waals surface area (Å²) in [6, 6.07) is 5.19. The van der Waals surface area contributed by atoms with Crippen LogP contribution < -0.4 is 5.73 Å². The number of aromatic nitrogens is 4. The third-order valence-corrected chi connectivity index (χ3v) is 2.24. The summed E-state index contributed by atoms with van der Waals surface area (Å²) < 4.78 is 1.60.